The van der Waals surface area contributed by atoms with Gasteiger partial charge in [0.1, 0.15) is 5.82 Å². The summed E-state index contributed by atoms with van der Waals surface area (Å²) in [5.41, 5.74) is 3.24. The van der Waals surface area contributed by atoms with E-state index in [0.29, 0.717) is 0 Å². The Labute approximate surface area is 124 Å². The third-order valence-electron chi connectivity index (χ3n) is 3.63. The monoisotopic (exact) mass is 290 g/mol. The maximum atomic E-state index is 5.93. The number of H-pyrrole nitrogens is 1. The molecule has 1 aromatic heterocycles. The van der Waals surface area contributed by atoms with Crippen LogP contribution in [0.5, 0.6) is 0 Å². The Hall–Kier alpha value is -1.36. The normalized spacial score (nSPS) is 16.5. The lowest BCUT2D eigenvalue weighted by Crippen LogP contribution is -2.43. The molecule has 4 nitrogen and oxygen atoms in total. The first-order valence-corrected chi connectivity index (χ1v) is 7.34. The third kappa shape index (κ3) is 3.03. The number of aryl methyl sites for hydroxylation is 1. The van der Waals surface area contributed by atoms with Crippen LogP contribution >= 0.6 is 11.6 Å². The Morgan fingerprint density at radius 3 is 2.60 bits per heavy atom. The minimum absolute atomic E-state index is 0.753. The highest BCUT2D eigenvalue weighted by molar-refractivity contribution is 6.30. The lowest BCUT2D eigenvalue weighted by molar-refractivity contribution is 0.228. The Morgan fingerprint density at radius 1 is 1.20 bits per heavy atom. The zero-order valence-electron chi connectivity index (χ0n) is 11.6. The molecule has 1 aliphatic heterocycles. The van der Waals surface area contributed by atoms with Gasteiger partial charge < -0.3 is 10.3 Å². The number of nitrogens with zero attached hydrogens (tertiary/aromatic N) is 2. The van der Waals surface area contributed by atoms with Gasteiger partial charge in [-0.3, -0.25) is 4.90 Å². The van der Waals surface area contributed by atoms with Crippen molar-refractivity contribution >= 4 is 11.6 Å². The molecule has 0 saturated carbocycles. The van der Waals surface area contributed by atoms with E-state index in [2.05, 4.69) is 22.1 Å². The molecule has 1 aromatic carbocycles. The second-order valence-corrected chi connectivity index (χ2v) is 5.63. The number of hydrogen-bond acceptors (Lipinski definition) is 3. The highest BCUT2D eigenvalue weighted by Crippen LogP contribution is 2.23. The number of aromatic amines is 1. The standard InChI is InChI=1S/C15H19ClN4/c1-11-15(12-2-4-13(16)5-3-12)19-14(18-11)10-20-8-6-17-7-9-20/h2-5,17H,6-10H2,1H3,(H,18,19). The molecule has 0 unspecified atom stereocenters. The van der Waals surface area contributed by atoms with Crippen LogP contribution in [0.25, 0.3) is 11.3 Å². The lowest BCUT2D eigenvalue weighted by atomic mass is 10.1. The van der Waals surface area contributed by atoms with E-state index in [-0.39, 0.29) is 0 Å². The Kier molecular flexibility index (Phi) is 4.05. The van der Waals surface area contributed by atoms with Crippen LogP contribution in [-0.2, 0) is 6.54 Å². The SMILES string of the molecule is Cc1[nH]c(CN2CCNCC2)nc1-c1ccc(Cl)cc1. The van der Waals surface area contributed by atoms with Crippen LogP contribution in [0.4, 0.5) is 0 Å². The lowest BCUT2D eigenvalue weighted by Gasteiger charge is -2.26. The van der Waals surface area contributed by atoms with Gasteiger partial charge >= 0.3 is 0 Å². The summed E-state index contributed by atoms with van der Waals surface area (Å²) >= 11 is 5.93. The molecular formula is C15H19ClN4. The maximum Gasteiger partial charge on any atom is 0.121 e. The van der Waals surface area contributed by atoms with Crippen LogP contribution in [0, 0.1) is 6.92 Å². The fraction of sp³-hybridized carbons (Fsp3) is 0.400. The van der Waals surface area contributed by atoms with Gasteiger partial charge in [-0.2, -0.15) is 0 Å². The molecule has 0 spiro atoms. The van der Waals surface area contributed by atoms with Gasteiger partial charge in [-0.25, -0.2) is 4.98 Å². The van der Waals surface area contributed by atoms with Crippen LogP contribution in [-0.4, -0.2) is 41.0 Å². The Bertz CT molecular complexity index is 570. The van der Waals surface area contributed by atoms with Crippen molar-refractivity contribution in [2.45, 2.75) is 13.5 Å². The maximum absolute atomic E-state index is 5.93. The number of piperazine rings is 1. The number of benzene rings is 1. The molecule has 0 radical (unpaired) electrons. The van der Waals surface area contributed by atoms with Gasteiger partial charge in [-0.1, -0.05) is 23.7 Å². The summed E-state index contributed by atoms with van der Waals surface area (Å²) < 4.78 is 0. The van der Waals surface area contributed by atoms with Gasteiger partial charge in [-0.05, 0) is 19.1 Å². The van der Waals surface area contributed by atoms with Gasteiger partial charge in [0.25, 0.3) is 0 Å². The first-order valence-electron chi connectivity index (χ1n) is 6.97. The number of nitrogens with one attached hydrogen (secondary N) is 2. The molecule has 0 bridgehead atoms. The average molecular weight is 291 g/mol. The molecule has 5 heteroatoms. The van der Waals surface area contributed by atoms with Crippen molar-refractivity contribution in [1.29, 1.82) is 0 Å². The van der Waals surface area contributed by atoms with Gasteiger partial charge in [0.05, 0.1) is 12.2 Å². The first-order chi connectivity index (χ1) is 9.72. The molecule has 1 aliphatic rings. The Balaban J connectivity index is 1.78. The van der Waals surface area contributed by atoms with Gasteiger partial charge in [0.2, 0.25) is 0 Å². The van der Waals surface area contributed by atoms with Gasteiger partial charge in [-0.15, -0.1) is 0 Å². The molecular weight excluding hydrogens is 272 g/mol. The summed E-state index contributed by atoms with van der Waals surface area (Å²) in [6.07, 6.45) is 0. The van der Waals surface area contributed by atoms with E-state index in [0.717, 1.165) is 60.5 Å². The van der Waals surface area contributed by atoms with E-state index in [1.807, 2.05) is 24.3 Å². The van der Waals surface area contributed by atoms with E-state index in [1.165, 1.54) is 0 Å². The van der Waals surface area contributed by atoms with Gasteiger partial charge in [0, 0.05) is 42.5 Å². The molecule has 1 saturated heterocycles. The predicted molar refractivity (Wildman–Crippen MR) is 81.9 cm³/mol. The third-order valence-corrected chi connectivity index (χ3v) is 3.89. The molecule has 0 atom stereocenters. The van der Waals surface area contributed by atoms with Crippen molar-refractivity contribution in [3.8, 4) is 11.3 Å². The molecule has 2 N–H and O–H groups in total. The van der Waals surface area contributed by atoms with E-state index in [9.17, 15) is 0 Å². The van der Waals surface area contributed by atoms with Crippen molar-refractivity contribution in [2.24, 2.45) is 0 Å². The second kappa shape index (κ2) is 5.95. The molecule has 0 amide bonds. The molecule has 0 aliphatic carbocycles. The van der Waals surface area contributed by atoms with Gasteiger partial charge in [0.15, 0.2) is 0 Å². The van der Waals surface area contributed by atoms with Crippen LogP contribution in [0.3, 0.4) is 0 Å². The molecule has 3 rings (SSSR count). The number of halogens is 1. The first kappa shape index (κ1) is 13.6. The van der Waals surface area contributed by atoms with Crippen molar-refractivity contribution in [1.82, 2.24) is 20.2 Å². The fourth-order valence-electron chi connectivity index (χ4n) is 2.57. The van der Waals surface area contributed by atoms with E-state index >= 15 is 0 Å². The summed E-state index contributed by atoms with van der Waals surface area (Å²) in [5, 5.41) is 4.12. The molecule has 20 heavy (non-hydrogen) atoms. The van der Waals surface area contributed by atoms with Crippen LogP contribution in [0.15, 0.2) is 24.3 Å². The van der Waals surface area contributed by atoms with Crippen molar-refractivity contribution < 1.29 is 0 Å². The fourth-order valence-corrected chi connectivity index (χ4v) is 2.69. The number of hydrogen-bond donors (Lipinski definition) is 2. The highest BCUT2D eigenvalue weighted by atomic mass is 35.5. The average Bonchev–Trinajstić information content (AvgIpc) is 2.81. The highest BCUT2D eigenvalue weighted by Gasteiger charge is 2.14. The zero-order chi connectivity index (χ0) is 13.9. The number of aromatic nitrogens is 2. The Morgan fingerprint density at radius 2 is 1.90 bits per heavy atom. The number of imidazole rings is 1. The van der Waals surface area contributed by atoms with E-state index < -0.39 is 0 Å². The molecule has 2 heterocycles. The van der Waals surface area contributed by atoms with Crippen LogP contribution in [0.2, 0.25) is 5.02 Å². The molecule has 2 aromatic rings. The van der Waals surface area contributed by atoms with Crippen molar-refractivity contribution in [3.63, 3.8) is 0 Å². The summed E-state index contributed by atoms with van der Waals surface area (Å²) in [7, 11) is 0. The molecule has 106 valence electrons. The minimum atomic E-state index is 0.753. The van der Waals surface area contributed by atoms with Crippen molar-refractivity contribution in [3.05, 3.63) is 40.8 Å². The smallest absolute Gasteiger partial charge is 0.121 e. The van der Waals surface area contributed by atoms with E-state index in [4.69, 9.17) is 16.6 Å². The van der Waals surface area contributed by atoms with E-state index in [1.54, 1.807) is 0 Å². The quantitative estimate of drug-likeness (QED) is 0.912. The topological polar surface area (TPSA) is 44.0 Å². The summed E-state index contributed by atoms with van der Waals surface area (Å²) in [6, 6.07) is 7.84. The molecule has 1 fully saturated rings. The summed E-state index contributed by atoms with van der Waals surface area (Å²) in [6.45, 7) is 7.23. The number of rotatable bonds is 3. The zero-order valence-corrected chi connectivity index (χ0v) is 12.4. The second-order valence-electron chi connectivity index (χ2n) is 5.19. The largest absolute Gasteiger partial charge is 0.344 e. The van der Waals surface area contributed by atoms with Crippen LogP contribution < -0.4 is 5.32 Å². The predicted octanol–water partition coefficient (Wildman–Crippen LogP) is 2.44. The summed E-state index contributed by atoms with van der Waals surface area (Å²) in [4.78, 5) is 10.6. The van der Waals surface area contributed by atoms with Crippen molar-refractivity contribution in [2.75, 3.05) is 26.2 Å². The minimum Gasteiger partial charge on any atom is -0.344 e. The van der Waals surface area contributed by atoms with Crippen LogP contribution in [0.1, 0.15) is 11.5 Å². The summed E-state index contributed by atoms with van der Waals surface area (Å²) in [5.74, 6) is 1.04.